The number of Topliss-reactive ketones (excluding diaryl/α,β-unsaturated/α-hetero) is 1. The highest BCUT2D eigenvalue weighted by Crippen LogP contribution is 2.47. The average Bonchev–Trinajstić information content (AvgIpc) is 3.40. The number of ketones is 1. The summed E-state index contributed by atoms with van der Waals surface area (Å²) in [6.45, 7) is 22.3. The molecule has 52 heavy (non-hydrogen) atoms. The first kappa shape index (κ1) is 43.1. The van der Waals surface area contributed by atoms with Crippen LogP contribution in [0.2, 0.25) is 0 Å². The summed E-state index contributed by atoms with van der Waals surface area (Å²) in [5, 5.41) is 26.1. The Labute approximate surface area is 310 Å². The molecule has 0 unspecified atom stereocenters. The van der Waals surface area contributed by atoms with Gasteiger partial charge in [-0.15, -0.1) is 0 Å². The molecule has 300 valence electrons. The molecule has 3 fully saturated rings. The van der Waals surface area contributed by atoms with Crippen molar-refractivity contribution in [1.82, 2.24) is 5.32 Å². The van der Waals surface area contributed by atoms with E-state index in [0.29, 0.717) is 25.0 Å². The van der Waals surface area contributed by atoms with Gasteiger partial charge in [0.15, 0.2) is 24.0 Å². The standard InChI is InChI=1S/C39H67NO12/c1-15-27-39(12,46-14)32(42)22(6)30-20(4)17-38(11,52-30)34(51-36-29(41)26(40-19(2)3)16-21(5)47-36)23(7)31(24(8)35(44)49-27)50-28-18-37(10,45-13)33(43)25(9)48-28/h19,21-29,31,33-34,36,40-41,43H,15-18H2,1-14H3/t21-,22+,23+,24-,25+,26+,27-,28+,29-,31+,33+,34-,36+,37-,38-,39-/m1/s1. The van der Waals surface area contributed by atoms with Crippen molar-refractivity contribution in [3.05, 3.63) is 11.3 Å². The zero-order valence-corrected chi connectivity index (χ0v) is 33.9. The van der Waals surface area contributed by atoms with Gasteiger partial charge in [0.25, 0.3) is 0 Å². The minimum Gasteiger partial charge on any atom is -0.488 e. The maximum absolute atomic E-state index is 14.3. The summed E-state index contributed by atoms with van der Waals surface area (Å²) in [5.41, 5.74) is -2.66. The molecular formula is C39H67NO12. The number of ether oxygens (including phenoxy) is 8. The highest BCUT2D eigenvalue weighted by atomic mass is 16.7. The summed E-state index contributed by atoms with van der Waals surface area (Å²) in [5.74, 6) is -2.59. The van der Waals surface area contributed by atoms with Gasteiger partial charge in [0.1, 0.15) is 35.8 Å². The van der Waals surface area contributed by atoms with Gasteiger partial charge in [-0.25, -0.2) is 0 Å². The SMILES string of the molecule is CC[C@H]1OC(=O)[C@H](C)[C@@H](O[C@H]2C[C@@](C)(OC)[C@@H](O)[C@H](C)O2)[C@H](C)[C@@H](O[C@@H]2O[C@H](C)C[C@H](NC(C)C)[C@H]2O)[C@@]2(C)CC(C)=C(O2)[C@H](C)C(=O)[C@]1(C)OC. The first-order chi connectivity index (χ1) is 24.2. The fourth-order valence-corrected chi connectivity index (χ4v) is 8.88. The Kier molecular flexibility index (Phi) is 13.7. The predicted octanol–water partition coefficient (Wildman–Crippen LogP) is 4.19. The van der Waals surface area contributed by atoms with Gasteiger partial charge in [0, 0.05) is 45.1 Å². The minimum absolute atomic E-state index is 0.113. The number of nitrogens with one attached hydrogen (secondary N) is 1. The van der Waals surface area contributed by atoms with Crippen molar-refractivity contribution < 1.29 is 57.7 Å². The molecule has 0 saturated carbocycles. The normalized spacial score (nSPS) is 46.7. The molecule has 16 atom stereocenters. The van der Waals surface area contributed by atoms with Crippen molar-refractivity contribution in [2.45, 2.75) is 193 Å². The van der Waals surface area contributed by atoms with Crippen molar-refractivity contribution >= 4 is 11.8 Å². The van der Waals surface area contributed by atoms with Crippen molar-refractivity contribution in [3.63, 3.8) is 0 Å². The molecular weight excluding hydrogens is 674 g/mol. The van der Waals surface area contributed by atoms with E-state index in [1.54, 1.807) is 34.6 Å². The number of hydrogen-bond acceptors (Lipinski definition) is 13. The largest absolute Gasteiger partial charge is 0.488 e. The van der Waals surface area contributed by atoms with Crippen LogP contribution in [0, 0.1) is 17.8 Å². The van der Waals surface area contributed by atoms with E-state index in [1.165, 1.54) is 14.2 Å². The van der Waals surface area contributed by atoms with E-state index < -0.39 is 89.7 Å². The molecule has 13 heteroatoms. The summed E-state index contributed by atoms with van der Waals surface area (Å²) in [6.07, 6.45) is -5.88. The van der Waals surface area contributed by atoms with E-state index in [0.717, 1.165) is 5.57 Å². The van der Waals surface area contributed by atoms with E-state index in [9.17, 15) is 19.8 Å². The van der Waals surface area contributed by atoms with E-state index >= 15 is 0 Å². The Morgan fingerprint density at radius 1 is 0.981 bits per heavy atom. The number of cyclic esters (lactones) is 1. The van der Waals surface area contributed by atoms with Crippen LogP contribution >= 0.6 is 0 Å². The predicted molar refractivity (Wildman–Crippen MR) is 192 cm³/mol. The molecule has 3 saturated heterocycles. The second-order valence-corrected chi connectivity index (χ2v) is 16.7. The molecule has 3 N–H and O–H groups in total. The summed E-state index contributed by atoms with van der Waals surface area (Å²) in [4.78, 5) is 28.6. The van der Waals surface area contributed by atoms with Crippen molar-refractivity contribution in [2.75, 3.05) is 14.2 Å². The van der Waals surface area contributed by atoms with Gasteiger partial charge in [0.2, 0.25) is 0 Å². The van der Waals surface area contributed by atoms with Gasteiger partial charge in [0.05, 0.1) is 35.7 Å². The maximum atomic E-state index is 14.3. The van der Waals surface area contributed by atoms with Crippen LogP contribution in [0.25, 0.3) is 0 Å². The second kappa shape index (κ2) is 16.6. The zero-order chi connectivity index (χ0) is 39.1. The third-order valence-electron chi connectivity index (χ3n) is 12.0. The van der Waals surface area contributed by atoms with Crippen molar-refractivity contribution in [2.24, 2.45) is 17.8 Å². The summed E-state index contributed by atoms with van der Waals surface area (Å²) >= 11 is 0. The van der Waals surface area contributed by atoms with Crippen LogP contribution in [-0.2, 0) is 47.5 Å². The number of methoxy groups -OCH3 is 2. The van der Waals surface area contributed by atoms with Crippen molar-refractivity contribution in [3.8, 4) is 0 Å². The molecule has 0 spiro atoms. The molecule has 0 amide bonds. The molecule has 4 rings (SSSR count). The van der Waals surface area contributed by atoms with Crippen LogP contribution < -0.4 is 5.32 Å². The number of allylic oxidation sites excluding steroid dienone is 1. The van der Waals surface area contributed by atoms with Crippen LogP contribution in [0.4, 0.5) is 0 Å². The fraction of sp³-hybridized carbons (Fsp3) is 0.897. The lowest BCUT2D eigenvalue weighted by Gasteiger charge is -2.48. The molecule has 4 heterocycles. The number of fused-ring (bicyclic) bond motifs is 2. The number of esters is 1. The molecule has 0 radical (unpaired) electrons. The van der Waals surface area contributed by atoms with Crippen LogP contribution in [0.15, 0.2) is 11.3 Å². The first-order valence-electron chi connectivity index (χ1n) is 19.1. The summed E-state index contributed by atoms with van der Waals surface area (Å²) in [6, 6.07) is -0.180. The van der Waals surface area contributed by atoms with Gasteiger partial charge in [-0.2, -0.15) is 0 Å². The third-order valence-corrected chi connectivity index (χ3v) is 12.0. The number of carbonyl (C=O) groups excluding carboxylic acids is 2. The maximum Gasteiger partial charge on any atom is 0.311 e. The Morgan fingerprint density at radius 3 is 2.21 bits per heavy atom. The molecule has 0 aromatic rings. The molecule has 13 nitrogen and oxygen atoms in total. The van der Waals surface area contributed by atoms with Crippen LogP contribution in [0.5, 0.6) is 0 Å². The molecule has 0 aromatic heterocycles. The molecule has 4 aliphatic heterocycles. The Bertz CT molecular complexity index is 1290. The van der Waals surface area contributed by atoms with E-state index in [4.69, 9.17) is 37.9 Å². The molecule has 4 aliphatic rings. The Balaban J connectivity index is 1.85. The van der Waals surface area contributed by atoms with E-state index in [1.807, 2.05) is 48.5 Å². The molecule has 0 aromatic carbocycles. The lowest BCUT2D eigenvalue weighted by Crippen LogP contribution is -2.60. The number of aliphatic hydroxyl groups is 2. The zero-order valence-electron chi connectivity index (χ0n) is 33.9. The Hall–Kier alpha value is -1.68. The van der Waals surface area contributed by atoms with Crippen LogP contribution in [0.3, 0.4) is 0 Å². The monoisotopic (exact) mass is 741 g/mol. The van der Waals surface area contributed by atoms with E-state index in [2.05, 4.69) is 5.32 Å². The summed E-state index contributed by atoms with van der Waals surface area (Å²) in [7, 11) is 2.98. The smallest absolute Gasteiger partial charge is 0.311 e. The first-order valence-corrected chi connectivity index (χ1v) is 19.1. The van der Waals surface area contributed by atoms with Gasteiger partial charge in [-0.3, -0.25) is 9.59 Å². The average molecular weight is 742 g/mol. The second-order valence-electron chi connectivity index (χ2n) is 16.7. The van der Waals surface area contributed by atoms with Gasteiger partial charge in [-0.1, -0.05) is 27.7 Å². The van der Waals surface area contributed by atoms with Gasteiger partial charge < -0.3 is 53.4 Å². The molecule has 2 bridgehead atoms. The van der Waals surface area contributed by atoms with E-state index in [-0.39, 0.29) is 30.4 Å². The van der Waals surface area contributed by atoms with Crippen molar-refractivity contribution in [1.29, 1.82) is 0 Å². The van der Waals surface area contributed by atoms with Gasteiger partial charge >= 0.3 is 5.97 Å². The lowest BCUT2D eigenvalue weighted by atomic mass is 9.79. The van der Waals surface area contributed by atoms with Gasteiger partial charge in [-0.05, 0) is 73.8 Å². The van der Waals surface area contributed by atoms with Crippen LogP contribution in [0.1, 0.15) is 109 Å². The number of hydrogen-bond donors (Lipinski definition) is 3. The lowest BCUT2D eigenvalue weighted by molar-refractivity contribution is -0.315. The molecule has 0 aliphatic carbocycles. The highest BCUT2D eigenvalue weighted by molar-refractivity contribution is 5.92. The number of carbonyl (C=O) groups is 2. The quantitative estimate of drug-likeness (QED) is 0.289. The highest BCUT2D eigenvalue weighted by Gasteiger charge is 2.56. The minimum atomic E-state index is -1.47. The Morgan fingerprint density at radius 2 is 1.63 bits per heavy atom. The summed E-state index contributed by atoms with van der Waals surface area (Å²) < 4.78 is 50.9. The third kappa shape index (κ3) is 8.43. The number of rotatable bonds is 9. The topological polar surface area (TPSA) is 160 Å². The number of aliphatic hydroxyl groups excluding tert-OH is 2. The van der Waals surface area contributed by atoms with Crippen LogP contribution in [-0.4, -0.2) is 120 Å². The fourth-order valence-electron chi connectivity index (χ4n) is 8.88.